The zero-order valence-electron chi connectivity index (χ0n) is 19.0. The predicted molar refractivity (Wildman–Crippen MR) is 132 cm³/mol. The molecule has 0 bridgehead atoms. The van der Waals surface area contributed by atoms with Crippen LogP contribution in [-0.2, 0) is 16.0 Å². The lowest BCUT2D eigenvalue weighted by Gasteiger charge is -2.45. The van der Waals surface area contributed by atoms with Crippen molar-refractivity contribution in [1.29, 1.82) is 0 Å². The number of anilines is 2. The number of rotatable bonds is 7. The first kappa shape index (κ1) is 23.4. The number of nitrogens with two attached hydrogens (primary N) is 1. The highest BCUT2D eigenvalue weighted by molar-refractivity contribution is 7.14. The number of nitrogen functional groups attached to an aromatic ring is 1. The monoisotopic (exact) mass is 477 g/mol. The van der Waals surface area contributed by atoms with Crippen molar-refractivity contribution in [3.8, 4) is 0 Å². The molecule has 1 aliphatic rings. The smallest absolute Gasteiger partial charge is 0.325 e. The molecular weight excluding hydrogens is 450 g/mol. The first-order valence-corrected chi connectivity index (χ1v) is 12.0. The van der Waals surface area contributed by atoms with Crippen LogP contribution in [0.5, 0.6) is 0 Å². The molecule has 2 aromatic heterocycles. The molecule has 1 aromatic carbocycles. The van der Waals surface area contributed by atoms with Gasteiger partial charge in [0.15, 0.2) is 0 Å². The summed E-state index contributed by atoms with van der Waals surface area (Å²) in [6.07, 6.45) is 2.50. The molecule has 3 heterocycles. The molecule has 4 amide bonds. The molecule has 1 aliphatic heterocycles. The Labute approximate surface area is 202 Å². The quantitative estimate of drug-likeness (QED) is 0.505. The Morgan fingerprint density at radius 1 is 1.21 bits per heavy atom. The van der Waals surface area contributed by atoms with Crippen LogP contribution in [0, 0.1) is 5.92 Å². The zero-order chi connectivity index (χ0) is 24.2. The summed E-state index contributed by atoms with van der Waals surface area (Å²) in [4.78, 5) is 46.5. The van der Waals surface area contributed by atoms with Crippen LogP contribution in [0.3, 0.4) is 0 Å². The van der Waals surface area contributed by atoms with Crippen LogP contribution < -0.4 is 16.0 Å². The number of amides is 4. The highest BCUT2D eigenvalue weighted by Gasteiger charge is 2.55. The molecule has 0 radical (unpaired) electrons. The van der Waals surface area contributed by atoms with Gasteiger partial charge in [-0.05, 0) is 53.6 Å². The van der Waals surface area contributed by atoms with Gasteiger partial charge >= 0.3 is 6.03 Å². The van der Waals surface area contributed by atoms with Crippen LogP contribution in [0.1, 0.15) is 30.5 Å². The number of likely N-dealkylation sites (tertiary alicyclic amines) is 1. The molecule has 34 heavy (non-hydrogen) atoms. The van der Waals surface area contributed by atoms with Gasteiger partial charge in [-0.1, -0.05) is 37.3 Å². The second-order valence-corrected chi connectivity index (χ2v) is 9.15. The maximum Gasteiger partial charge on any atom is 0.325 e. The van der Waals surface area contributed by atoms with E-state index < -0.39 is 18.0 Å². The average molecular weight is 478 g/mol. The third-order valence-corrected chi connectivity index (χ3v) is 7.01. The van der Waals surface area contributed by atoms with Crippen LogP contribution in [0.25, 0.3) is 0 Å². The molecule has 0 spiro atoms. The van der Waals surface area contributed by atoms with Gasteiger partial charge in [-0.25, -0.2) is 9.78 Å². The number of benzene rings is 1. The maximum atomic E-state index is 13.5. The molecule has 9 heteroatoms. The third-order valence-electron chi connectivity index (χ3n) is 6.06. The van der Waals surface area contributed by atoms with Gasteiger partial charge in [0, 0.05) is 13.2 Å². The number of nitrogens with zero attached hydrogens (tertiary/aromatic N) is 3. The van der Waals surface area contributed by atoms with Gasteiger partial charge in [-0.3, -0.25) is 14.5 Å². The molecule has 1 saturated heterocycles. The summed E-state index contributed by atoms with van der Waals surface area (Å²) in [5.41, 5.74) is 7.52. The number of hydrogen-bond acceptors (Lipinski definition) is 6. The number of aromatic nitrogens is 1. The van der Waals surface area contributed by atoms with Crippen molar-refractivity contribution in [2.24, 2.45) is 5.92 Å². The van der Waals surface area contributed by atoms with E-state index in [0.29, 0.717) is 18.7 Å². The number of urea groups is 1. The largest absolute Gasteiger partial charge is 0.384 e. The van der Waals surface area contributed by atoms with Crippen LogP contribution in [-0.4, -0.2) is 40.8 Å². The van der Waals surface area contributed by atoms with Crippen molar-refractivity contribution in [2.45, 2.75) is 31.8 Å². The topological polar surface area (TPSA) is 109 Å². The lowest BCUT2D eigenvalue weighted by atomic mass is 9.81. The summed E-state index contributed by atoms with van der Waals surface area (Å²) >= 11 is 1.42. The number of nitrogens with one attached hydrogen (secondary N) is 1. The second kappa shape index (κ2) is 10.0. The van der Waals surface area contributed by atoms with Crippen LogP contribution in [0.4, 0.5) is 15.6 Å². The number of carbonyl (C=O) groups is 3. The molecule has 8 nitrogen and oxygen atoms in total. The highest BCUT2D eigenvalue weighted by Crippen LogP contribution is 2.34. The van der Waals surface area contributed by atoms with E-state index >= 15 is 0 Å². The molecular formula is C25H27N5O3S. The van der Waals surface area contributed by atoms with E-state index in [1.54, 1.807) is 25.4 Å². The van der Waals surface area contributed by atoms with Gasteiger partial charge in [0.25, 0.3) is 5.91 Å². The van der Waals surface area contributed by atoms with Gasteiger partial charge < -0.3 is 16.0 Å². The number of pyridine rings is 1. The summed E-state index contributed by atoms with van der Waals surface area (Å²) in [6.45, 7) is 1.96. The molecule has 3 aromatic rings. The van der Waals surface area contributed by atoms with E-state index in [-0.39, 0.29) is 17.9 Å². The van der Waals surface area contributed by atoms with Crippen LogP contribution >= 0.6 is 11.3 Å². The minimum Gasteiger partial charge on any atom is -0.384 e. The number of hydrogen-bond donors (Lipinski definition) is 2. The zero-order valence-corrected chi connectivity index (χ0v) is 19.9. The molecule has 176 valence electrons. The van der Waals surface area contributed by atoms with Gasteiger partial charge in [0.1, 0.15) is 11.9 Å². The van der Waals surface area contributed by atoms with Gasteiger partial charge in [0.2, 0.25) is 5.91 Å². The molecule has 0 saturated carbocycles. The normalized spacial score (nSPS) is 18.2. The third kappa shape index (κ3) is 4.65. The van der Waals surface area contributed by atoms with E-state index in [0.717, 1.165) is 21.0 Å². The molecule has 3 N–H and O–H groups in total. The Balaban J connectivity index is 1.58. The standard InChI is InChI=1S/C25H27N5O3S/c1-3-19(17-8-5-4-6-9-17)28-25(33)30-22(24(32)29(2)21-10-7-13-34-21)18(23(30)31)14-16-11-12-27-20(26)15-16/h4-13,15,18-19,22H,3,14H2,1-2H3,(H2,26,27)(H,28,33)/t18-,19?,22+/m1/s1. The molecule has 1 fully saturated rings. The minimum absolute atomic E-state index is 0.272. The Bertz CT molecular complexity index is 1170. The average Bonchev–Trinajstić information content (AvgIpc) is 3.39. The fraction of sp³-hybridized carbons (Fsp3) is 0.280. The van der Waals surface area contributed by atoms with Crippen molar-refractivity contribution in [3.63, 3.8) is 0 Å². The summed E-state index contributed by atoms with van der Waals surface area (Å²) in [5, 5.41) is 5.55. The van der Waals surface area contributed by atoms with Crippen LogP contribution in [0.15, 0.2) is 66.2 Å². The Hall–Kier alpha value is -3.72. The van der Waals surface area contributed by atoms with E-state index in [1.165, 1.54) is 16.2 Å². The number of β-lactam (4-membered cyclic amide) rings is 1. The summed E-state index contributed by atoms with van der Waals surface area (Å²) < 4.78 is 0. The number of imide groups is 1. The Morgan fingerprint density at radius 2 is 1.97 bits per heavy atom. The molecule has 1 unspecified atom stereocenters. The fourth-order valence-electron chi connectivity index (χ4n) is 4.22. The lowest BCUT2D eigenvalue weighted by Crippen LogP contribution is -2.70. The number of likely N-dealkylation sites (N-methyl/N-ethyl adjacent to an activating group) is 1. The molecule has 0 aliphatic carbocycles. The first-order valence-electron chi connectivity index (χ1n) is 11.1. The van der Waals surface area contributed by atoms with E-state index in [9.17, 15) is 14.4 Å². The van der Waals surface area contributed by atoms with Gasteiger partial charge in [-0.2, -0.15) is 0 Å². The summed E-state index contributed by atoms with van der Waals surface area (Å²) in [5.74, 6) is -1.02. The van der Waals surface area contributed by atoms with Gasteiger partial charge in [-0.15, -0.1) is 11.3 Å². The number of thiophene rings is 1. The first-order chi connectivity index (χ1) is 16.4. The van der Waals surface area contributed by atoms with E-state index in [1.807, 2.05) is 54.8 Å². The Kier molecular flexibility index (Phi) is 6.93. The number of carbonyl (C=O) groups excluding carboxylic acids is 3. The van der Waals surface area contributed by atoms with Crippen molar-refractivity contribution >= 4 is 40.0 Å². The fourth-order valence-corrected chi connectivity index (χ4v) is 4.93. The van der Waals surface area contributed by atoms with Crippen molar-refractivity contribution in [1.82, 2.24) is 15.2 Å². The SMILES string of the molecule is CCC(NC(=O)N1C(=O)[C@H](Cc2ccnc(N)c2)[C@H]1C(=O)N(C)c1cccs1)c1ccccc1. The summed E-state index contributed by atoms with van der Waals surface area (Å²) in [6, 6.07) is 14.9. The molecule has 4 rings (SSSR count). The Morgan fingerprint density at radius 3 is 2.62 bits per heavy atom. The summed E-state index contributed by atoms with van der Waals surface area (Å²) in [7, 11) is 1.66. The van der Waals surface area contributed by atoms with Crippen molar-refractivity contribution < 1.29 is 14.4 Å². The predicted octanol–water partition coefficient (Wildman–Crippen LogP) is 3.62. The minimum atomic E-state index is -0.915. The van der Waals surface area contributed by atoms with Crippen molar-refractivity contribution in [2.75, 3.05) is 17.7 Å². The van der Waals surface area contributed by atoms with Crippen molar-refractivity contribution in [3.05, 3.63) is 77.3 Å². The highest BCUT2D eigenvalue weighted by atomic mass is 32.1. The van der Waals surface area contributed by atoms with E-state index in [2.05, 4.69) is 10.3 Å². The second-order valence-electron chi connectivity index (χ2n) is 8.22. The molecule has 3 atom stereocenters. The van der Waals surface area contributed by atoms with Crippen LogP contribution in [0.2, 0.25) is 0 Å². The lowest BCUT2D eigenvalue weighted by molar-refractivity contribution is -0.156. The maximum absolute atomic E-state index is 13.5. The van der Waals surface area contributed by atoms with E-state index in [4.69, 9.17) is 5.73 Å². The van der Waals surface area contributed by atoms with Gasteiger partial charge in [0.05, 0.1) is 17.0 Å².